The quantitative estimate of drug-likeness (QED) is 0.262. The molecular weight excluding hydrogens is 492 g/mol. The molecule has 0 bridgehead atoms. The second kappa shape index (κ2) is 13.7. The van der Waals surface area contributed by atoms with Crippen molar-refractivity contribution in [1.82, 2.24) is 5.43 Å². The van der Waals surface area contributed by atoms with Crippen LogP contribution < -0.4 is 20.2 Å². The maximum Gasteiger partial charge on any atom is 0.240 e. The number of amides is 2. The summed E-state index contributed by atoms with van der Waals surface area (Å²) in [7, 11) is 0. The Morgan fingerprint density at radius 2 is 1.81 bits per heavy atom. The van der Waals surface area contributed by atoms with Crippen molar-refractivity contribution in [1.29, 1.82) is 5.26 Å². The molecule has 3 rings (SSSR count). The number of carbonyl (C=O) groups excluding carboxylic acids is 2. The first-order chi connectivity index (χ1) is 17.9. The van der Waals surface area contributed by atoms with Crippen LogP contribution in [0.5, 0.6) is 11.5 Å². The minimum atomic E-state index is -0.394. The number of ether oxygens (including phenoxy) is 2. The van der Waals surface area contributed by atoms with Crippen LogP contribution >= 0.6 is 11.6 Å². The van der Waals surface area contributed by atoms with Crippen molar-refractivity contribution in [2.75, 3.05) is 11.9 Å². The zero-order chi connectivity index (χ0) is 26.6. The first-order valence-corrected chi connectivity index (χ1v) is 12.0. The molecule has 0 saturated carbocycles. The predicted molar refractivity (Wildman–Crippen MR) is 143 cm³/mol. The number of aryl methyl sites for hydroxylation is 1. The molecule has 2 amide bonds. The summed E-state index contributed by atoms with van der Waals surface area (Å²) in [5, 5.41) is 16.5. The van der Waals surface area contributed by atoms with E-state index in [2.05, 4.69) is 21.9 Å². The number of carbonyl (C=O) groups is 2. The Morgan fingerprint density at radius 3 is 2.57 bits per heavy atom. The molecular formula is C28H27ClN4O4. The second-order valence-electron chi connectivity index (χ2n) is 8.00. The second-order valence-corrected chi connectivity index (χ2v) is 8.41. The molecule has 0 fully saturated rings. The summed E-state index contributed by atoms with van der Waals surface area (Å²) in [4.78, 5) is 24.2. The van der Waals surface area contributed by atoms with Gasteiger partial charge in [0.2, 0.25) is 11.8 Å². The summed E-state index contributed by atoms with van der Waals surface area (Å²) in [5.41, 5.74) is 5.92. The Balaban J connectivity index is 1.51. The SMILES string of the molecule is CCOc1cc(C=NNC(=O)CCC(=O)Nc2ccc(C)c(Cl)c2)ccc1OCc1ccccc1C#N. The van der Waals surface area contributed by atoms with E-state index < -0.39 is 5.91 Å². The number of nitrogens with zero attached hydrogens (tertiary/aromatic N) is 2. The van der Waals surface area contributed by atoms with Crippen molar-refractivity contribution in [3.05, 3.63) is 87.9 Å². The number of nitrogens with one attached hydrogen (secondary N) is 2. The molecule has 0 aliphatic carbocycles. The third kappa shape index (κ3) is 8.37. The van der Waals surface area contributed by atoms with Crippen molar-refractivity contribution in [2.45, 2.75) is 33.3 Å². The maximum absolute atomic E-state index is 12.1. The molecule has 0 radical (unpaired) electrons. The number of benzene rings is 3. The molecule has 0 aromatic heterocycles. The summed E-state index contributed by atoms with van der Waals surface area (Å²) in [6, 6.07) is 19.9. The highest BCUT2D eigenvalue weighted by Crippen LogP contribution is 2.29. The molecule has 0 spiro atoms. The molecule has 0 saturated heterocycles. The summed E-state index contributed by atoms with van der Waals surface area (Å²) in [6.07, 6.45) is 1.45. The Kier molecular flexibility index (Phi) is 10.1. The minimum absolute atomic E-state index is 0.00228. The van der Waals surface area contributed by atoms with Gasteiger partial charge in [-0.05, 0) is 61.4 Å². The highest BCUT2D eigenvalue weighted by atomic mass is 35.5. The molecule has 3 aromatic rings. The number of anilines is 1. The van der Waals surface area contributed by atoms with Gasteiger partial charge in [-0.2, -0.15) is 10.4 Å². The van der Waals surface area contributed by atoms with E-state index in [1.54, 1.807) is 42.5 Å². The Hall–Kier alpha value is -4.35. The Bertz CT molecular complexity index is 1330. The third-order valence-corrected chi connectivity index (χ3v) is 5.63. The average molecular weight is 519 g/mol. The molecule has 0 aliphatic heterocycles. The minimum Gasteiger partial charge on any atom is -0.490 e. The molecule has 0 aliphatic rings. The summed E-state index contributed by atoms with van der Waals surface area (Å²) in [6.45, 7) is 4.38. The largest absolute Gasteiger partial charge is 0.490 e. The van der Waals surface area contributed by atoms with Crippen molar-refractivity contribution >= 4 is 35.3 Å². The molecule has 2 N–H and O–H groups in total. The Labute approximate surface area is 220 Å². The monoisotopic (exact) mass is 518 g/mol. The van der Waals surface area contributed by atoms with Crippen LogP contribution in [0.4, 0.5) is 5.69 Å². The molecule has 0 heterocycles. The van der Waals surface area contributed by atoms with Crippen LogP contribution in [0, 0.1) is 18.3 Å². The molecule has 9 heteroatoms. The van der Waals surface area contributed by atoms with Crippen LogP contribution in [0.25, 0.3) is 0 Å². The van der Waals surface area contributed by atoms with Gasteiger partial charge in [-0.25, -0.2) is 5.43 Å². The van der Waals surface area contributed by atoms with E-state index in [0.717, 1.165) is 11.1 Å². The highest BCUT2D eigenvalue weighted by molar-refractivity contribution is 6.31. The van der Waals surface area contributed by atoms with Crippen molar-refractivity contribution < 1.29 is 19.1 Å². The van der Waals surface area contributed by atoms with Crippen molar-refractivity contribution in [3.63, 3.8) is 0 Å². The Morgan fingerprint density at radius 1 is 1.03 bits per heavy atom. The fraction of sp³-hybridized carbons (Fsp3) is 0.214. The van der Waals surface area contributed by atoms with Gasteiger partial charge in [-0.1, -0.05) is 35.9 Å². The number of hydrazone groups is 1. The number of hydrogen-bond acceptors (Lipinski definition) is 6. The van der Waals surface area contributed by atoms with Crippen LogP contribution in [0.1, 0.15) is 42.0 Å². The van der Waals surface area contributed by atoms with E-state index in [-0.39, 0.29) is 25.4 Å². The van der Waals surface area contributed by atoms with Gasteiger partial charge in [0.15, 0.2) is 11.5 Å². The van der Waals surface area contributed by atoms with E-state index >= 15 is 0 Å². The number of hydrogen-bond donors (Lipinski definition) is 2. The lowest BCUT2D eigenvalue weighted by Gasteiger charge is -2.13. The highest BCUT2D eigenvalue weighted by Gasteiger charge is 2.10. The van der Waals surface area contributed by atoms with Gasteiger partial charge >= 0.3 is 0 Å². The number of halogens is 1. The lowest BCUT2D eigenvalue weighted by atomic mass is 10.1. The van der Waals surface area contributed by atoms with Gasteiger partial charge in [0, 0.05) is 29.1 Å². The van der Waals surface area contributed by atoms with Gasteiger partial charge in [-0.15, -0.1) is 0 Å². The lowest BCUT2D eigenvalue weighted by molar-refractivity contribution is -0.124. The lowest BCUT2D eigenvalue weighted by Crippen LogP contribution is -2.20. The van der Waals surface area contributed by atoms with Crippen molar-refractivity contribution in [3.8, 4) is 17.6 Å². The summed E-state index contributed by atoms with van der Waals surface area (Å²) < 4.78 is 11.6. The summed E-state index contributed by atoms with van der Waals surface area (Å²) in [5.74, 6) is 0.347. The number of nitriles is 1. The van der Waals surface area contributed by atoms with E-state index in [4.69, 9.17) is 21.1 Å². The van der Waals surface area contributed by atoms with Gasteiger partial charge in [-0.3, -0.25) is 9.59 Å². The van der Waals surface area contributed by atoms with Crippen LogP contribution in [0.2, 0.25) is 5.02 Å². The van der Waals surface area contributed by atoms with Gasteiger partial charge < -0.3 is 14.8 Å². The smallest absolute Gasteiger partial charge is 0.240 e. The standard InChI is InChI=1S/C28H27ClN4O4/c1-3-36-26-14-20(9-11-25(26)37-18-22-7-5-4-6-21(22)16-30)17-31-33-28(35)13-12-27(34)32-23-10-8-19(2)24(29)15-23/h4-11,14-15,17H,3,12-13,18H2,1-2H3,(H,32,34)(H,33,35). The molecule has 190 valence electrons. The van der Waals surface area contributed by atoms with Crippen LogP contribution in [-0.4, -0.2) is 24.6 Å². The fourth-order valence-electron chi connectivity index (χ4n) is 3.26. The van der Waals surface area contributed by atoms with Crippen LogP contribution in [0.3, 0.4) is 0 Å². The first-order valence-electron chi connectivity index (χ1n) is 11.6. The van der Waals surface area contributed by atoms with E-state index in [1.165, 1.54) is 6.21 Å². The molecule has 0 atom stereocenters. The van der Waals surface area contributed by atoms with Crippen LogP contribution in [-0.2, 0) is 16.2 Å². The van der Waals surface area contributed by atoms with Gasteiger partial charge in [0.25, 0.3) is 0 Å². The maximum atomic E-state index is 12.1. The molecule has 0 unspecified atom stereocenters. The molecule has 8 nitrogen and oxygen atoms in total. The van der Waals surface area contributed by atoms with E-state index in [0.29, 0.717) is 39.9 Å². The average Bonchev–Trinajstić information content (AvgIpc) is 2.89. The van der Waals surface area contributed by atoms with E-state index in [9.17, 15) is 14.9 Å². The summed E-state index contributed by atoms with van der Waals surface area (Å²) >= 11 is 6.06. The zero-order valence-corrected chi connectivity index (χ0v) is 21.3. The van der Waals surface area contributed by atoms with Gasteiger partial charge in [0.05, 0.1) is 24.5 Å². The molecule has 3 aromatic carbocycles. The van der Waals surface area contributed by atoms with Crippen molar-refractivity contribution in [2.24, 2.45) is 5.10 Å². The fourth-order valence-corrected chi connectivity index (χ4v) is 3.44. The first kappa shape index (κ1) is 27.2. The normalized spacial score (nSPS) is 10.5. The van der Waals surface area contributed by atoms with Gasteiger partial charge in [0.1, 0.15) is 6.61 Å². The zero-order valence-electron chi connectivity index (χ0n) is 20.6. The molecule has 37 heavy (non-hydrogen) atoms. The van der Waals surface area contributed by atoms with Crippen LogP contribution in [0.15, 0.2) is 65.8 Å². The topological polar surface area (TPSA) is 113 Å². The van der Waals surface area contributed by atoms with E-state index in [1.807, 2.05) is 32.0 Å². The number of rotatable bonds is 11. The third-order valence-electron chi connectivity index (χ3n) is 5.23. The predicted octanol–water partition coefficient (Wildman–Crippen LogP) is 5.37.